The van der Waals surface area contributed by atoms with Crippen LogP contribution in [-0.2, 0) is 6.54 Å². The van der Waals surface area contributed by atoms with E-state index in [-0.39, 0.29) is 23.9 Å². The summed E-state index contributed by atoms with van der Waals surface area (Å²) in [6, 6.07) is 11.8. The van der Waals surface area contributed by atoms with Gasteiger partial charge in [-0.1, -0.05) is 44.1 Å². The van der Waals surface area contributed by atoms with Gasteiger partial charge in [-0.15, -0.1) is 0 Å². The number of nitrogens with one attached hydrogen (secondary N) is 1. The number of benzene rings is 1. The number of unbranched alkanes of at least 4 members (excludes halogenated alkanes) is 2. The van der Waals surface area contributed by atoms with Crippen LogP contribution >= 0.6 is 0 Å². The molecule has 0 aliphatic heterocycles. The van der Waals surface area contributed by atoms with E-state index in [9.17, 15) is 9.18 Å². The van der Waals surface area contributed by atoms with Crippen molar-refractivity contribution in [3.05, 3.63) is 77.9 Å². The quantitative estimate of drug-likeness (QED) is 0.418. The van der Waals surface area contributed by atoms with Crippen LogP contribution in [0.5, 0.6) is 5.75 Å². The Balaban J connectivity index is 1.59. The number of amides is 1. The summed E-state index contributed by atoms with van der Waals surface area (Å²) in [5.41, 5.74) is 1.96. The number of nitrogens with zero attached hydrogens (tertiary/aromatic N) is 2. The Morgan fingerprint density at radius 1 is 1.14 bits per heavy atom. The van der Waals surface area contributed by atoms with Gasteiger partial charge in [0.25, 0.3) is 5.91 Å². The SMILES string of the molecule is CCCCC=CCOc1cccc(CNC(=O)c2ccc3ncccc3n2)c1F. The lowest BCUT2D eigenvalue weighted by Crippen LogP contribution is -2.24. The Morgan fingerprint density at radius 3 is 2.90 bits per heavy atom. The van der Waals surface area contributed by atoms with Crippen LogP contribution < -0.4 is 10.1 Å². The summed E-state index contributed by atoms with van der Waals surface area (Å²) in [5.74, 6) is -0.669. The number of allylic oxidation sites excluding steroid dienone is 1. The molecule has 0 atom stereocenters. The highest BCUT2D eigenvalue weighted by Crippen LogP contribution is 2.20. The number of halogens is 1. The maximum atomic E-state index is 14.6. The first kappa shape index (κ1) is 20.5. The number of hydrogen-bond donors (Lipinski definition) is 1. The van der Waals surface area contributed by atoms with Crippen LogP contribution in [0.3, 0.4) is 0 Å². The molecule has 0 aliphatic carbocycles. The number of carbonyl (C=O) groups is 1. The van der Waals surface area contributed by atoms with Crippen molar-refractivity contribution in [2.75, 3.05) is 6.61 Å². The maximum Gasteiger partial charge on any atom is 0.270 e. The van der Waals surface area contributed by atoms with Crippen LogP contribution in [0.4, 0.5) is 4.39 Å². The van der Waals surface area contributed by atoms with Crippen LogP contribution in [0.1, 0.15) is 42.2 Å². The van der Waals surface area contributed by atoms with Crippen LogP contribution in [0.2, 0.25) is 0 Å². The van der Waals surface area contributed by atoms with Crippen molar-refractivity contribution in [3.63, 3.8) is 0 Å². The van der Waals surface area contributed by atoms with Gasteiger partial charge in [0.05, 0.1) is 11.0 Å². The Morgan fingerprint density at radius 2 is 2.03 bits per heavy atom. The molecule has 1 amide bonds. The van der Waals surface area contributed by atoms with Crippen molar-refractivity contribution in [3.8, 4) is 5.75 Å². The van der Waals surface area contributed by atoms with E-state index in [2.05, 4.69) is 22.2 Å². The van der Waals surface area contributed by atoms with Gasteiger partial charge in [0, 0.05) is 18.3 Å². The van der Waals surface area contributed by atoms with E-state index in [1.54, 1.807) is 48.7 Å². The molecule has 0 spiro atoms. The molecule has 150 valence electrons. The largest absolute Gasteiger partial charge is 0.486 e. The molecular formula is C23H24FN3O2. The lowest BCUT2D eigenvalue weighted by molar-refractivity contribution is 0.0946. The number of aromatic nitrogens is 2. The van der Waals surface area contributed by atoms with E-state index in [1.165, 1.54) is 0 Å². The average molecular weight is 393 g/mol. The molecule has 0 fully saturated rings. The molecule has 6 heteroatoms. The van der Waals surface area contributed by atoms with Crippen LogP contribution in [-0.4, -0.2) is 22.5 Å². The van der Waals surface area contributed by atoms with Crippen molar-refractivity contribution in [2.45, 2.75) is 32.7 Å². The number of fused-ring (bicyclic) bond motifs is 1. The van der Waals surface area contributed by atoms with Gasteiger partial charge in [-0.25, -0.2) is 9.37 Å². The summed E-state index contributed by atoms with van der Waals surface area (Å²) in [4.78, 5) is 20.9. The summed E-state index contributed by atoms with van der Waals surface area (Å²) in [6.45, 7) is 2.49. The second-order valence-electron chi connectivity index (χ2n) is 6.57. The first-order valence-electron chi connectivity index (χ1n) is 9.74. The fraction of sp³-hybridized carbons (Fsp3) is 0.261. The van der Waals surface area contributed by atoms with E-state index in [0.717, 1.165) is 19.3 Å². The molecule has 1 N–H and O–H groups in total. The second kappa shape index (κ2) is 10.3. The Bertz CT molecular complexity index is 1000. The number of ether oxygens (including phenoxy) is 1. The number of pyridine rings is 2. The predicted molar refractivity (Wildman–Crippen MR) is 111 cm³/mol. The fourth-order valence-electron chi connectivity index (χ4n) is 2.80. The highest BCUT2D eigenvalue weighted by atomic mass is 19.1. The first-order valence-corrected chi connectivity index (χ1v) is 9.74. The normalized spacial score (nSPS) is 11.1. The number of rotatable bonds is 9. The van der Waals surface area contributed by atoms with Gasteiger partial charge in [-0.05, 0) is 36.8 Å². The van der Waals surface area contributed by atoms with Crippen LogP contribution in [0.25, 0.3) is 11.0 Å². The van der Waals surface area contributed by atoms with Gasteiger partial charge < -0.3 is 10.1 Å². The minimum Gasteiger partial charge on any atom is -0.486 e. The third-order valence-electron chi connectivity index (χ3n) is 4.40. The molecule has 3 rings (SSSR count). The number of carbonyl (C=O) groups excluding carboxylic acids is 1. The molecule has 0 bridgehead atoms. The van der Waals surface area contributed by atoms with Gasteiger partial charge in [-0.3, -0.25) is 9.78 Å². The van der Waals surface area contributed by atoms with Gasteiger partial charge in [0.15, 0.2) is 11.6 Å². The van der Waals surface area contributed by atoms with E-state index in [1.807, 2.05) is 12.2 Å². The zero-order valence-electron chi connectivity index (χ0n) is 16.4. The molecular weight excluding hydrogens is 369 g/mol. The van der Waals surface area contributed by atoms with Gasteiger partial charge in [0.1, 0.15) is 12.3 Å². The minimum absolute atomic E-state index is 0.0426. The lowest BCUT2D eigenvalue weighted by Gasteiger charge is -2.10. The van der Waals surface area contributed by atoms with Gasteiger partial charge in [-0.2, -0.15) is 0 Å². The topological polar surface area (TPSA) is 64.1 Å². The molecule has 0 saturated heterocycles. The molecule has 0 radical (unpaired) electrons. The van der Waals surface area contributed by atoms with Gasteiger partial charge >= 0.3 is 0 Å². The zero-order chi connectivity index (χ0) is 20.5. The summed E-state index contributed by atoms with van der Waals surface area (Å²) in [7, 11) is 0. The van der Waals surface area contributed by atoms with Crippen molar-refractivity contribution < 1.29 is 13.9 Å². The third-order valence-corrected chi connectivity index (χ3v) is 4.40. The molecule has 1 aromatic carbocycles. The zero-order valence-corrected chi connectivity index (χ0v) is 16.4. The van der Waals surface area contributed by atoms with Crippen LogP contribution in [0.15, 0.2) is 60.8 Å². The summed E-state index contributed by atoms with van der Waals surface area (Å²) in [5, 5.41) is 2.71. The summed E-state index contributed by atoms with van der Waals surface area (Å²) in [6.07, 6.45) is 8.86. The van der Waals surface area contributed by atoms with E-state index < -0.39 is 5.82 Å². The molecule has 2 heterocycles. The van der Waals surface area contributed by atoms with Crippen molar-refractivity contribution in [1.82, 2.24) is 15.3 Å². The lowest BCUT2D eigenvalue weighted by atomic mass is 10.2. The van der Waals surface area contributed by atoms with Crippen molar-refractivity contribution >= 4 is 16.9 Å². The highest BCUT2D eigenvalue weighted by Gasteiger charge is 2.12. The maximum absolute atomic E-state index is 14.6. The van der Waals surface area contributed by atoms with Crippen molar-refractivity contribution in [2.24, 2.45) is 0 Å². The Labute approximate surface area is 169 Å². The van der Waals surface area contributed by atoms with Crippen molar-refractivity contribution in [1.29, 1.82) is 0 Å². The fourth-order valence-corrected chi connectivity index (χ4v) is 2.80. The molecule has 3 aromatic rings. The molecule has 0 aliphatic rings. The average Bonchev–Trinajstić information content (AvgIpc) is 2.75. The van der Waals surface area contributed by atoms with Gasteiger partial charge in [0.2, 0.25) is 0 Å². The molecule has 29 heavy (non-hydrogen) atoms. The molecule has 0 unspecified atom stereocenters. The smallest absolute Gasteiger partial charge is 0.270 e. The standard InChI is InChI=1S/C23H24FN3O2/c1-2-3-4-5-6-15-29-21-11-7-9-17(22(21)24)16-26-23(28)20-13-12-18-19(27-20)10-8-14-25-18/h5-14H,2-4,15-16H2,1H3,(H,26,28). The van der Waals surface area contributed by atoms with Crippen LogP contribution in [0, 0.1) is 5.82 Å². The Hall–Kier alpha value is -3.28. The molecule has 5 nitrogen and oxygen atoms in total. The molecule has 2 aromatic heterocycles. The minimum atomic E-state index is -0.467. The number of hydrogen-bond acceptors (Lipinski definition) is 4. The van der Waals surface area contributed by atoms with E-state index >= 15 is 0 Å². The third kappa shape index (κ3) is 5.60. The molecule has 0 saturated carbocycles. The highest BCUT2D eigenvalue weighted by molar-refractivity contribution is 5.94. The second-order valence-corrected chi connectivity index (χ2v) is 6.57. The van der Waals surface area contributed by atoms with E-state index in [0.29, 0.717) is 23.2 Å². The predicted octanol–water partition coefficient (Wildman–Crippen LogP) is 4.82. The summed E-state index contributed by atoms with van der Waals surface area (Å²) < 4.78 is 20.1. The monoisotopic (exact) mass is 393 g/mol. The first-order chi connectivity index (χ1) is 14.2. The summed E-state index contributed by atoms with van der Waals surface area (Å²) >= 11 is 0. The Kier molecular flexibility index (Phi) is 7.28. The van der Waals surface area contributed by atoms with E-state index in [4.69, 9.17) is 4.74 Å².